The van der Waals surface area contributed by atoms with E-state index >= 15 is 0 Å². The van der Waals surface area contributed by atoms with Crippen molar-refractivity contribution in [2.75, 3.05) is 18.4 Å². The van der Waals surface area contributed by atoms with Gasteiger partial charge in [0, 0.05) is 25.4 Å². The summed E-state index contributed by atoms with van der Waals surface area (Å²) in [7, 11) is 0. The normalized spacial score (nSPS) is 15.9. The van der Waals surface area contributed by atoms with Crippen LogP contribution in [0.5, 0.6) is 0 Å². The Morgan fingerprint density at radius 1 is 1.24 bits per heavy atom. The average molecular weight is 296 g/mol. The van der Waals surface area contributed by atoms with Crippen LogP contribution >= 0.6 is 0 Å². The Labute approximate surface area is 122 Å². The largest absolute Gasteiger partial charge is 0.343 e. The van der Waals surface area contributed by atoms with Gasteiger partial charge in [-0.3, -0.25) is 9.59 Å². The number of carbonyl (C=O) groups excluding carboxylic acids is 2. The van der Waals surface area contributed by atoms with Gasteiger partial charge in [0.05, 0.1) is 0 Å². The molecule has 0 aromatic heterocycles. The van der Waals surface area contributed by atoms with Crippen molar-refractivity contribution in [2.45, 2.75) is 26.2 Å². The molecular weight excluding hydrogens is 278 g/mol. The molecule has 6 heteroatoms. The molecule has 1 aliphatic rings. The van der Waals surface area contributed by atoms with E-state index in [1.165, 1.54) is 6.07 Å². The van der Waals surface area contributed by atoms with Crippen molar-refractivity contribution in [3.63, 3.8) is 0 Å². The lowest BCUT2D eigenvalue weighted by atomic mass is 9.95. The molecule has 2 rings (SSSR count). The number of para-hydroxylation sites is 1. The lowest BCUT2D eigenvalue weighted by Crippen LogP contribution is -2.41. The predicted molar refractivity (Wildman–Crippen MR) is 74.6 cm³/mol. The Hall–Kier alpha value is -1.98. The minimum Gasteiger partial charge on any atom is -0.343 e. The van der Waals surface area contributed by atoms with Gasteiger partial charge in [0.15, 0.2) is 0 Å². The topological polar surface area (TPSA) is 49.4 Å². The molecule has 1 fully saturated rings. The van der Waals surface area contributed by atoms with Gasteiger partial charge in [0.2, 0.25) is 11.8 Å². The molecule has 0 spiro atoms. The van der Waals surface area contributed by atoms with Gasteiger partial charge in [0.25, 0.3) is 0 Å². The van der Waals surface area contributed by atoms with Crippen LogP contribution < -0.4 is 5.32 Å². The van der Waals surface area contributed by atoms with Gasteiger partial charge in [-0.2, -0.15) is 0 Å². The highest BCUT2D eigenvalue weighted by Crippen LogP contribution is 2.23. The van der Waals surface area contributed by atoms with Gasteiger partial charge in [0.1, 0.15) is 17.3 Å². The molecule has 0 atom stereocenters. The Balaban J connectivity index is 1.95. The van der Waals surface area contributed by atoms with Crippen LogP contribution in [0.3, 0.4) is 0 Å². The summed E-state index contributed by atoms with van der Waals surface area (Å²) < 4.78 is 27.0. The number of rotatable bonds is 3. The number of nitrogens with one attached hydrogen (secondary N) is 1. The number of nitrogens with zero attached hydrogens (tertiary/aromatic N) is 1. The maximum absolute atomic E-state index is 13.5. The number of amides is 2. The third-order valence-electron chi connectivity index (χ3n) is 3.73. The van der Waals surface area contributed by atoms with Gasteiger partial charge in [-0.15, -0.1) is 0 Å². The molecule has 1 saturated heterocycles. The first-order valence-corrected chi connectivity index (χ1v) is 7.05. The lowest BCUT2D eigenvalue weighted by Gasteiger charge is -2.31. The number of carbonyl (C=O) groups is 2. The number of hydrogen-bond acceptors (Lipinski definition) is 2. The molecule has 1 aromatic rings. The number of anilines is 1. The molecule has 4 nitrogen and oxygen atoms in total. The molecule has 1 heterocycles. The first-order chi connectivity index (χ1) is 10.0. The molecule has 2 amide bonds. The molecule has 114 valence electrons. The van der Waals surface area contributed by atoms with E-state index in [1.54, 1.807) is 11.8 Å². The number of likely N-dealkylation sites (tertiary alicyclic amines) is 1. The Morgan fingerprint density at radius 3 is 2.33 bits per heavy atom. The highest BCUT2D eigenvalue weighted by Gasteiger charge is 2.27. The van der Waals surface area contributed by atoms with Crippen molar-refractivity contribution in [1.29, 1.82) is 0 Å². The second kappa shape index (κ2) is 6.65. The molecule has 1 N–H and O–H groups in total. The second-order valence-electron chi connectivity index (χ2n) is 5.09. The summed E-state index contributed by atoms with van der Waals surface area (Å²) in [6, 6.07) is 3.44. The highest BCUT2D eigenvalue weighted by molar-refractivity contribution is 5.93. The van der Waals surface area contributed by atoms with E-state index in [1.807, 2.05) is 0 Å². The summed E-state index contributed by atoms with van der Waals surface area (Å²) in [5.74, 6) is -2.24. The van der Waals surface area contributed by atoms with E-state index in [-0.39, 0.29) is 11.8 Å². The first kappa shape index (κ1) is 15.4. The SMILES string of the molecule is CCC(=O)N1CCC(C(=O)Nc2c(F)cccc2F)CC1. The van der Waals surface area contributed by atoms with Crippen LogP contribution in [0.15, 0.2) is 18.2 Å². The molecule has 0 aliphatic carbocycles. The molecule has 1 aliphatic heterocycles. The van der Waals surface area contributed by atoms with Crippen molar-refractivity contribution in [1.82, 2.24) is 4.90 Å². The van der Waals surface area contributed by atoms with Gasteiger partial charge in [-0.25, -0.2) is 8.78 Å². The zero-order chi connectivity index (χ0) is 15.4. The third kappa shape index (κ3) is 3.56. The maximum Gasteiger partial charge on any atom is 0.227 e. The molecule has 1 aromatic carbocycles. The lowest BCUT2D eigenvalue weighted by molar-refractivity contribution is -0.134. The summed E-state index contributed by atoms with van der Waals surface area (Å²) in [5, 5.41) is 2.31. The van der Waals surface area contributed by atoms with E-state index in [4.69, 9.17) is 0 Å². The number of benzene rings is 1. The monoisotopic (exact) mass is 296 g/mol. The minimum atomic E-state index is -0.790. The third-order valence-corrected chi connectivity index (χ3v) is 3.73. The smallest absolute Gasteiger partial charge is 0.227 e. The highest BCUT2D eigenvalue weighted by atomic mass is 19.1. The molecular formula is C15H18F2N2O2. The molecule has 21 heavy (non-hydrogen) atoms. The fourth-order valence-corrected chi connectivity index (χ4v) is 2.46. The van der Waals surface area contributed by atoms with Crippen LogP contribution in [-0.4, -0.2) is 29.8 Å². The van der Waals surface area contributed by atoms with E-state index in [9.17, 15) is 18.4 Å². The van der Waals surface area contributed by atoms with E-state index in [2.05, 4.69) is 5.32 Å². The zero-order valence-electron chi connectivity index (χ0n) is 11.9. The molecule has 0 saturated carbocycles. The fourth-order valence-electron chi connectivity index (χ4n) is 2.46. The van der Waals surface area contributed by atoms with Crippen LogP contribution in [0.4, 0.5) is 14.5 Å². The molecule has 0 unspecified atom stereocenters. The van der Waals surface area contributed by atoms with E-state index < -0.39 is 23.2 Å². The zero-order valence-corrected chi connectivity index (χ0v) is 11.9. The van der Waals surface area contributed by atoms with Gasteiger partial charge >= 0.3 is 0 Å². The van der Waals surface area contributed by atoms with E-state index in [0.29, 0.717) is 32.4 Å². The van der Waals surface area contributed by atoms with Crippen LogP contribution in [0.1, 0.15) is 26.2 Å². The number of piperidine rings is 1. The van der Waals surface area contributed by atoms with Crippen LogP contribution in [0.2, 0.25) is 0 Å². The predicted octanol–water partition coefficient (Wildman–Crippen LogP) is 2.55. The Bertz CT molecular complexity index is 520. The van der Waals surface area contributed by atoms with Gasteiger partial charge in [-0.1, -0.05) is 13.0 Å². The number of hydrogen-bond donors (Lipinski definition) is 1. The van der Waals surface area contributed by atoms with Crippen LogP contribution in [-0.2, 0) is 9.59 Å². The standard InChI is InChI=1S/C15H18F2N2O2/c1-2-13(20)19-8-6-10(7-9-19)15(21)18-14-11(16)4-3-5-12(14)17/h3-5,10H,2,6-9H2,1H3,(H,18,21). The van der Waals surface area contributed by atoms with Crippen molar-refractivity contribution in [3.05, 3.63) is 29.8 Å². The van der Waals surface area contributed by atoms with Crippen molar-refractivity contribution in [3.8, 4) is 0 Å². The average Bonchev–Trinajstić information content (AvgIpc) is 2.50. The maximum atomic E-state index is 13.5. The van der Waals surface area contributed by atoms with Crippen LogP contribution in [0.25, 0.3) is 0 Å². The Morgan fingerprint density at radius 2 is 1.81 bits per heavy atom. The fraction of sp³-hybridized carbons (Fsp3) is 0.467. The molecule has 0 bridgehead atoms. The van der Waals surface area contributed by atoms with Crippen molar-refractivity contribution in [2.24, 2.45) is 5.92 Å². The van der Waals surface area contributed by atoms with Crippen molar-refractivity contribution < 1.29 is 18.4 Å². The first-order valence-electron chi connectivity index (χ1n) is 7.05. The summed E-state index contributed by atoms with van der Waals surface area (Å²) in [5.41, 5.74) is -0.408. The molecule has 0 radical (unpaired) electrons. The van der Waals surface area contributed by atoms with Gasteiger partial charge in [-0.05, 0) is 25.0 Å². The summed E-state index contributed by atoms with van der Waals surface area (Å²) in [6.07, 6.45) is 1.46. The minimum absolute atomic E-state index is 0.0639. The van der Waals surface area contributed by atoms with Crippen molar-refractivity contribution >= 4 is 17.5 Å². The second-order valence-corrected chi connectivity index (χ2v) is 5.09. The van der Waals surface area contributed by atoms with E-state index in [0.717, 1.165) is 12.1 Å². The quantitative estimate of drug-likeness (QED) is 0.932. The summed E-state index contributed by atoms with van der Waals surface area (Å²) >= 11 is 0. The summed E-state index contributed by atoms with van der Waals surface area (Å²) in [4.78, 5) is 25.3. The van der Waals surface area contributed by atoms with Crippen LogP contribution in [0, 0.1) is 17.6 Å². The van der Waals surface area contributed by atoms with Gasteiger partial charge < -0.3 is 10.2 Å². The Kier molecular flexibility index (Phi) is 4.88. The number of halogens is 2. The summed E-state index contributed by atoms with van der Waals surface area (Å²) in [6.45, 7) is 2.80.